The summed E-state index contributed by atoms with van der Waals surface area (Å²) in [6.45, 7) is 0. The van der Waals surface area contributed by atoms with E-state index in [0.29, 0.717) is 0 Å². The Kier molecular flexibility index (Phi) is 10.1. The Hall–Kier alpha value is -0.0100. The van der Waals surface area contributed by atoms with Gasteiger partial charge in [-0.25, -0.2) is 0 Å². The first kappa shape index (κ1) is 13.0. The molecule has 4 heteroatoms. The first-order valence-corrected chi connectivity index (χ1v) is 7.29. The molecule has 13 heavy (non-hydrogen) atoms. The fourth-order valence-electron chi connectivity index (χ4n) is 1.06. The summed E-state index contributed by atoms with van der Waals surface area (Å²) in [5.41, 5.74) is 0. The SMILES string of the molecule is CS(=O)CCCCCCCSC#N. The van der Waals surface area contributed by atoms with Crippen LogP contribution in [0, 0.1) is 10.7 Å². The Labute approximate surface area is 87.5 Å². The summed E-state index contributed by atoms with van der Waals surface area (Å²) in [5.74, 6) is 1.79. The monoisotopic (exact) mass is 219 g/mol. The molecule has 76 valence electrons. The van der Waals surface area contributed by atoms with Gasteiger partial charge in [-0.2, -0.15) is 5.26 Å². The molecule has 0 radical (unpaired) electrons. The normalized spacial score (nSPS) is 12.3. The zero-order chi connectivity index (χ0) is 9.94. The van der Waals surface area contributed by atoms with Gasteiger partial charge in [0.1, 0.15) is 5.40 Å². The molecule has 0 rings (SSSR count). The molecule has 0 N–H and O–H groups in total. The number of thiocyanates is 1. The van der Waals surface area contributed by atoms with Crippen molar-refractivity contribution in [3.8, 4) is 5.40 Å². The van der Waals surface area contributed by atoms with Crippen LogP contribution in [0.1, 0.15) is 32.1 Å². The van der Waals surface area contributed by atoms with Crippen LogP contribution in [0.4, 0.5) is 0 Å². The number of thioether (sulfide) groups is 1. The quantitative estimate of drug-likeness (QED) is 0.465. The lowest BCUT2D eigenvalue weighted by atomic mass is 10.2. The van der Waals surface area contributed by atoms with Crippen molar-refractivity contribution < 1.29 is 4.21 Å². The van der Waals surface area contributed by atoms with Gasteiger partial charge in [-0.05, 0) is 24.6 Å². The van der Waals surface area contributed by atoms with Gasteiger partial charge in [0.25, 0.3) is 0 Å². The Morgan fingerprint density at radius 2 is 1.85 bits per heavy atom. The molecule has 0 aromatic rings. The minimum atomic E-state index is -0.623. The van der Waals surface area contributed by atoms with E-state index in [9.17, 15) is 4.21 Å². The second-order valence-corrected chi connectivity index (χ2v) is 5.42. The van der Waals surface area contributed by atoms with Crippen molar-refractivity contribution in [2.75, 3.05) is 17.8 Å². The summed E-state index contributed by atoms with van der Waals surface area (Å²) >= 11 is 1.33. The highest BCUT2D eigenvalue weighted by atomic mass is 32.2. The predicted molar refractivity (Wildman–Crippen MR) is 60.1 cm³/mol. The van der Waals surface area contributed by atoms with Crippen molar-refractivity contribution >= 4 is 22.6 Å². The first-order chi connectivity index (χ1) is 6.27. The number of unbranched alkanes of at least 4 members (excludes halogenated alkanes) is 4. The van der Waals surface area contributed by atoms with Crippen LogP contribution in [-0.4, -0.2) is 22.0 Å². The Morgan fingerprint density at radius 1 is 1.23 bits per heavy atom. The standard InChI is InChI=1S/C9H17NOS2/c1-13(11)8-6-4-2-3-5-7-12-9-10/h2-8H2,1H3. The van der Waals surface area contributed by atoms with Gasteiger partial charge in [-0.1, -0.05) is 19.3 Å². The topological polar surface area (TPSA) is 40.9 Å². The van der Waals surface area contributed by atoms with Gasteiger partial charge in [0.15, 0.2) is 0 Å². The molecule has 0 saturated carbocycles. The molecule has 0 aromatic heterocycles. The van der Waals surface area contributed by atoms with E-state index in [-0.39, 0.29) is 0 Å². The predicted octanol–water partition coefficient (Wildman–Crippen LogP) is 2.53. The average molecular weight is 219 g/mol. The molecule has 0 fully saturated rings. The number of rotatable bonds is 8. The maximum absolute atomic E-state index is 10.7. The molecular weight excluding hydrogens is 202 g/mol. The van der Waals surface area contributed by atoms with Crippen molar-refractivity contribution in [1.29, 1.82) is 5.26 Å². The van der Waals surface area contributed by atoms with Crippen LogP contribution >= 0.6 is 11.8 Å². The van der Waals surface area contributed by atoms with Gasteiger partial charge in [0, 0.05) is 28.6 Å². The minimum Gasteiger partial charge on any atom is -0.260 e. The summed E-state index contributed by atoms with van der Waals surface area (Å²) in [6.07, 6.45) is 7.55. The third kappa shape index (κ3) is 12.0. The van der Waals surface area contributed by atoms with Crippen molar-refractivity contribution in [3.05, 3.63) is 0 Å². The summed E-state index contributed by atoms with van der Waals surface area (Å²) in [6, 6.07) is 0. The molecule has 0 aliphatic rings. The Balaban J connectivity index is 2.92. The van der Waals surface area contributed by atoms with Gasteiger partial charge in [0.2, 0.25) is 0 Å². The third-order valence-corrected chi connectivity index (χ3v) is 3.23. The molecule has 2 nitrogen and oxygen atoms in total. The van der Waals surface area contributed by atoms with Crippen molar-refractivity contribution in [2.24, 2.45) is 0 Å². The lowest BCUT2D eigenvalue weighted by Crippen LogP contribution is -1.93. The molecule has 0 aliphatic heterocycles. The van der Waals surface area contributed by atoms with Crippen LogP contribution in [0.15, 0.2) is 0 Å². The first-order valence-electron chi connectivity index (χ1n) is 4.58. The number of nitrogens with zero attached hydrogens (tertiary/aromatic N) is 1. The summed E-state index contributed by atoms with van der Waals surface area (Å²) in [7, 11) is -0.623. The molecule has 1 atom stereocenters. The van der Waals surface area contributed by atoms with E-state index in [1.165, 1.54) is 31.0 Å². The van der Waals surface area contributed by atoms with E-state index in [0.717, 1.165) is 24.3 Å². The molecule has 0 aliphatic carbocycles. The van der Waals surface area contributed by atoms with Crippen LogP contribution < -0.4 is 0 Å². The van der Waals surface area contributed by atoms with E-state index in [1.54, 1.807) is 6.26 Å². The van der Waals surface area contributed by atoms with E-state index in [4.69, 9.17) is 5.26 Å². The van der Waals surface area contributed by atoms with E-state index >= 15 is 0 Å². The van der Waals surface area contributed by atoms with Gasteiger partial charge >= 0.3 is 0 Å². The van der Waals surface area contributed by atoms with Crippen molar-refractivity contribution in [2.45, 2.75) is 32.1 Å². The van der Waals surface area contributed by atoms with Gasteiger partial charge in [-0.15, -0.1) is 0 Å². The summed E-state index contributed by atoms with van der Waals surface area (Å²) < 4.78 is 10.7. The van der Waals surface area contributed by atoms with E-state index < -0.39 is 10.8 Å². The number of nitriles is 1. The molecule has 0 amide bonds. The molecule has 0 aromatic carbocycles. The molecule has 1 unspecified atom stereocenters. The van der Waals surface area contributed by atoms with Crippen molar-refractivity contribution in [1.82, 2.24) is 0 Å². The van der Waals surface area contributed by atoms with E-state index in [2.05, 4.69) is 5.40 Å². The van der Waals surface area contributed by atoms with Crippen LogP contribution in [0.3, 0.4) is 0 Å². The van der Waals surface area contributed by atoms with Crippen LogP contribution in [0.2, 0.25) is 0 Å². The highest BCUT2D eigenvalue weighted by molar-refractivity contribution is 8.03. The van der Waals surface area contributed by atoms with Crippen LogP contribution in [0.25, 0.3) is 0 Å². The number of hydrogen-bond acceptors (Lipinski definition) is 3. The molecule has 0 bridgehead atoms. The zero-order valence-corrected chi connectivity index (χ0v) is 9.75. The summed E-state index contributed by atoms with van der Waals surface area (Å²) in [4.78, 5) is 0. The highest BCUT2D eigenvalue weighted by Crippen LogP contribution is 2.07. The highest BCUT2D eigenvalue weighted by Gasteiger charge is 1.93. The smallest absolute Gasteiger partial charge is 0.133 e. The van der Waals surface area contributed by atoms with E-state index in [1.807, 2.05) is 0 Å². The molecule has 0 spiro atoms. The van der Waals surface area contributed by atoms with Crippen LogP contribution in [-0.2, 0) is 10.8 Å². The maximum Gasteiger partial charge on any atom is 0.133 e. The van der Waals surface area contributed by atoms with Gasteiger partial charge in [0.05, 0.1) is 0 Å². The lowest BCUT2D eigenvalue weighted by Gasteiger charge is -1.98. The third-order valence-electron chi connectivity index (χ3n) is 1.74. The Bertz CT molecular complexity index is 177. The average Bonchev–Trinajstić information content (AvgIpc) is 2.09. The minimum absolute atomic E-state index is 0.623. The number of hydrogen-bond donors (Lipinski definition) is 0. The zero-order valence-electron chi connectivity index (χ0n) is 8.12. The van der Waals surface area contributed by atoms with Gasteiger partial charge < -0.3 is 0 Å². The molecular formula is C9H17NOS2. The fourth-order valence-corrected chi connectivity index (χ4v) is 2.11. The van der Waals surface area contributed by atoms with Gasteiger partial charge in [-0.3, -0.25) is 4.21 Å². The fraction of sp³-hybridized carbons (Fsp3) is 0.889. The Morgan fingerprint density at radius 3 is 2.46 bits per heavy atom. The lowest BCUT2D eigenvalue weighted by molar-refractivity contribution is 0.651. The maximum atomic E-state index is 10.7. The van der Waals surface area contributed by atoms with Crippen LogP contribution in [0.5, 0.6) is 0 Å². The van der Waals surface area contributed by atoms with Crippen molar-refractivity contribution in [3.63, 3.8) is 0 Å². The second-order valence-electron chi connectivity index (χ2n) is 2.98. The summed E-state index contributed by atoms with van der Waals surface area (Å²) in [5, 5.41) is 10.3. The molecule has 0 heterocycles. The molecule has 0 saturated heterocycles. The second kappa shape index (κ2) is 10.1. The largest absolute Gasteiger partial charge is 0.260 e.